The molecule has 7 atom stereocenters. The van der Waals surface area contributed by atoms with Gasteiger partial charge in [-0.3, -0.25) is 0 Å². The molecule has 0 bridgehead atoms. The molecule has 4 fully saturated rings. The monoisotopic (exact) mass is 316 g/mol. The minimum absolute atomic E-state index is 0.463. The highest BCUT2D eigenvalue weighted by Crippen LogP contribution is 2.67. The molecule has 0 amide bonds. The molecule has 130 valence electrons. The lowest BCUT2D eigenvalue weighted by molar-refractivity contribution is -0.142. The Kier molecular flexibility index (Phi) is 3.95. The first kappa shape index (κ1) is 16.2. The first-order valence-corrected chi connectivity index (χ1v) is 10.2. The molecular formula is C22H36O. The third-order valence-electron chi connectivity index (χ3n) is 8.99. The molecule has 0 N–H and O–H groups in total. The summed E-state index contributed by atoms with van der Waals surface area (Å²) in [5.41, 5.74) is 2.54. The summed E-state index contributed by atoms with van der Waals surface area (Å²) >= 11 is 0. The van der Waals surface area contributed by atoms with Gasteiger partial charge in [-0.15, -0.1) is 0 Å². The lowest BCUT2D eigenvalue weighted by Crippen LogP contribution is -2.55. The zero-order chi connectivity index (χ0) is 16.2. The summed E-state index contributed by atoms with van der Waals surface area (Å²) in [5, 5.41) is 0. The second-order valence-corrected chi connectivity index (χ2v) is 9.80. The number of methoxy groups -OCH3 is 1. The number of hydrogen-bond donors (Lipinski definition) is 0. The van der Waals surface area contributed by atoms with E-state index in [1.807, 2.05) is 7.11 Å². The summed E-state index contributed by atoms with van der Waals surface area (Å²) in [6.07, 6.45) is 12.8. The lowest BCUT2D eigenvalue weighted by Gasteiger charge is -2.61. The lowest BCUT2D eigenvalue weighted by atomic mass is 9.44. The van der Waals surface area contributed by atoms with Crippen molar-refractivity contribution < 1.29 is 4.74 Å². The van der Waals surface area contributed by atoms with E-state index in [-0.39, 0.29) is 0 Å². The van der Waals surface area contributed by atoms with Gasteiger partial charge in [0.15, 0.2) is 0 Å². The van der Waals surface area contributed by atoms with E-state index in [9.17, 15) is 0 Å². The molecule has 4 rings (SSSR count). The van der Waals surface area contributed by atoms with Gasteiger partial charge in [-0.25, -0.2) is 0 Å². The molecule has 1 heteroatoms. The Morgan fingerprint density at radius 1 is 1.09 bits per heavy atom. The van der Waals surface area contributed by atoms with E-state index in [1.165, 1.54) is 57.8 Å². The van der Waals surface area contributed by atoms with Crippen molar-refractivity contribution in [2.75, 3.05) is 13.7 Å². The van der Waals surface area contributed by atoms with Crippen LogP contribution in [0.3, 0.4) is 0 Å². The van der Waals surface area contributed by atoms with Crippen molar-refractivity contribution in [3.05, 3.63) is 12.2 Å². The van der Waals surface area contributed by atoms with Crippen molar-refractivity contribution in [3.63, 3.8) is 0 Å². The predicted octanol–water partition coefficient (Wildman–Crippen LogP) is 5.85. The van der Waals surface area contributed by atoms with Gasteiger partial charge < -0.3 is 4.74 Å². The summed E-state index contributed by atoms with van der Waals surface area (Å²) in [6, 6.07) is 0. The first-order valence-electron chi connectivity index (χ1n) is 10.2. The third-order valence-corrected chi connectivity index (χ3v) is 8.99. The number of allylic oxidation sites excluding steroid dienone is 1. The minimum Gasteiger partial charge on any atom is -0.384 e. The molecule has 4 aliphatic rings. The fourth-order valence-corrected chi connectivity index (χ4v) is 7.72. The summed E-state index contributed by atoms with van der Waals surface area (Å²) < 4.78 is 5.87. The van der Waals surface area contributed by atoms with Crippen LogP contribution < -0.4 is 0 Å². The standard InChI is InChI=1S/C22H36O/c1-15-9-12-22(14-23-4)17(13-15)6-7-18-19-8-5-16(2)21(19,3)11-10-20(18)22/h15,17-20H,2,5-14H2,1,3-4H3. The van der Waals surface area contributed by atoms with E-state index < -0.39 is 0 Å². The maximum Gasteiger partial charge on any atom is 0.0524 e. The van der Waals surface area contributed by atoms with Gasteiger partial charge in [0, 0.05) is 7.11 Å². The van der Waals surface area contributed by atoms with Gasteiger partial charge in [0.2, 0.25) is 0 Å². The highest BCUT2D eigenvalue weighted by Gasteiger charge is 2.60. The molecular weight excluding hydrogens is 280 g/mol. The number of fused-ring (bicyclic) bond motifs is 5. The van der Waals surface area contributed by atoms with Crippen molar-refractivity contribution in [2.45, 2.75) is 71.6 Å². The van der Waals surface area contributed by atoms with Crippen molar-refractivity contribution in [1.82, 2.24) is 0 Å². The molecule has 23 heavy (non-hydrogen) atoms. The third kappa shape index (κ3) is 2.21. The van der Waals surface area contributed by atoms with Gasteiger partial charge >= 0.3 is 0 Å². The van der Waals surface area contributed by atoms with Gasteiger partial charge in [0.05, 0.1) is 6.61 Å². The number of rotatable bonds is 2. The van der Waals surface area contributed by atoms with E-state index >= 15 is 0 Å². The quantitative estimate of drug-likeness (QED) is 0.581. The van der Waals surface area contributed by atoms with Crippen molar-refractivity contribution in [2.24, 2.45) is 40.4 Å². The molecule has 4 aliphatic carbocycles. The maximum absolute atomic E-state index is 5.87. The van der Waals surface area contributed by atoms with Gasteiger partial charge in [-0.1, -0.05) is 32.4 Å². The topological polar surface area (TPSA) is 9.23 Å². The Morgan fingerprint density at radius 2 is 1.91 bits per heavy atom. The van der Waals surface area contributed by atoms with E-state index in [0.29, 0.717) is 10.8 Å². The van der Waals surface area contributed by atoms with Crippen LogP contribution in [-0.2, 0) is 4.74 Å². The zero-order valence-electron chi connectivity index (χ0n) is 15.6. The molecule has 0 aromatic rings. The van der Waals surface area contributed by atoms with Crippen LogP contribution in [0, 0.1) is 40.4 Å². The van der Waals surface area contributed by atoms with Crippen LogP contribution in [0.25, 0.3) is 0 Å². The minimum atomic E-state index is 0.463. The van der Waals surface area contributed by atoms with Crippen LogP contribution in [-0.4, -0.2) is 13.7 Å². The van der Waals surface area contributed by atoms with Gasteiger partial charge in [0.1, 0.15) is 0 Å². The van der Waals surface area contributed by atoms with Crippen LogP contribution in [0.1, 0.15) is 71.6 Å². The number of ether oxygens (including phenoxy) is 1. The van der Waals surface area contributed by atoms with Gasteiger partial charge in [-0.05, 0) is 91.8 Å². The molecule has 1 nitrogen and oxygen atoms in total. The Morgan fingerprint density at radius 3 is 2.70 bits per heavy atom. The van der Waals surface area contributed by atoms with E-state index in [4.69, 9.17) is 4.74 Å². The largest absolute Gasteiger partial charge is 0.384 e. The van der Waals surface area contributed by atoms with Crippen LogP contribution in [0.2, 0.25) is 0 Å². The average molecular weight is 317 g/mol. The van der Waals surface area contributed by atoms with E-state index in [1.54, 1.807) is 5.57 Å². The molecule has 4 saturated carbocycles. The van der Waals surface area contributed by atoms with Gasteiger partial charge in [-0.2, -0.15) is 0 Å². The highest BCUT2D eigenvalue weighted by molar-refractivity contribution is 5.21. The Hall–Kier alpha value is -0.300. The van der Waals surface area contributed by atoms with Crippen LogP contribution in [0.5, 0.6) is 0 Å². The Labute approximate surface area is 143 Å². The molecule has 0 aromatic heterocycles. The molecule has 0 heterocycles. The van der Waals surface area contributed by atoms with Crippen molar-refractivity contribution in [1.29, 1.82) is 0 Å². The molecule has 0 aliphatic heterocycles. The Bertz CT molecular complexity index is 482. The molecule has 7 unspecified atom stereocenters. The van der Waals surface area contributed by atoms with E-state index in [0.717, 1.165) is 36.2 Å². The van der Waals surface area contributed by atoms with Gasteiger partial charge in [0.25, 0.3) is 0 Å². The highest BCUT2D eigenvalue weighted by atomic mass is 16.5. The van der Waals surface area contributed by atoms with Crippen LogP contribution >= 0.6 is 0 Å². The number of hydrogen-bond acceptors (Lipinski definition) is 1. The van der Waals surface area contributed by atoms with E-state index in [2.05, 4.69) is 20.4 Å². The zero-order valence-corrected chi connectivity index (χ0v) is 15.6. The average Bonchev–Trinajstić information content (AvgIpc) is 2.84. The summed E-state index contributed by atoms with van der Waals surface area (Å²) in [6.45, 7) is 10.5. The molecule has 0 radical (unpaired) electrons. The normalized spacial score (nSPS) is 52.7. The first-order chi connectivity index (χ1) is 11.0. The Balaban J connectivity index is 1.66. The fourth-order valence-electron chi connectivity index (χ4n) is 7.72. The predicted molar refractivity (Wildman–Crippen MR) is 96.2 cm³/mol. The van der Waals surface area contributed by atoms with Crippen molar-refractivity contribution in [3.8, 4) is 0 Å². The van der Waals surface area contributed by atoms with Crippen molar-refractivity contribution >= 4 is 0 Å². The van der Waals surface area contributed by atoms with Crippen LogP contribution in [0.4, 0.5) is 0 Å². The maximum atomic E-state index is 5.87. The fraction of sp³-hybridized carbons (Fsp3) is 0.909. The SMILES string of the molecule is C=C1CCC2C3CCC4CC(C)CCC4(COC)C3CCC12C. The second kappa shape index (κ2) is 5.61. The molecule has 0 saturated heterocycles. The molecule has 0 spiro atoms. The summed E-state index contributed by atoms with van der Waals surface area (Å²) in [5.74, 6) is 4.66. The smallest absolute Gasteiger partial charge is 0.0524 e. The molecule has 0 aromatic carbocycles. The summed E-state index contributed by atoms with van der Waals surface area (Å²) in [7, 11) is 1.94. The second-order valence-electron chi connectivity index (χ2n) is 9.80. The summed E-state index contributed by atoms with van der Waals surface area (Å²) in [4.78, 5) is 0. The van der Waals surface area contributed by atoms with Crippen LogP contribution in [0.15, 0.2) is 12.2 Å².